The standard InChI is InChI=1S/C23H23N3O9Si/c27-24(28)20-10-4-1-7-17(20)13-33-23(16-36,34-14-18-8-2-5-11-21(18)25(29)30)35-15-19-9-3-6-12-22(19)26(31)32/h1-12H,13-16H2,36H3. The third-order valence-corrected chi connectivity index (χ3v) is 6.21. The van der Waals surface area contributed by atoms with E-state index >= 15 is 0 Å². The fourth-order valence-corrected chi connectivity index (χ4v) is 4.04. The van der Waals surface area contributed by atoms with Crippen LogP contribution in [0.25, 0.3) is 0 Å². The Bertz CT molecular complexity index is 1110. The van der Waals surface area contributed by atoms with Gasteiger partial charge in [-0.2, -0.15) is 0 Å². The maximum Gasteiger partial charge on any atom is 0.280 e. The Morgan fingerprint density at radius 1 is 0.583 bits per heavy atom. The molecular weight excluding hydrogens is 490 g/mol. The average molecular weight is 514 g/mol. The summed E-state index contributed by atoms with van der Waals surface area (Å²) in [6, 6.07) is 18.2. The highest BCUT2D eigenvalue weighted by Crippen LogP contribution is 2.30. The van der Waals surface area contributed by atoms with Crippen molar-refractivity contribution in [3.8, 4) is 0 Å². The van der Waals surface area contributed by atoms with E-state index in [9.17, 15) is 30.3 Å². The predicted molar refractivity (Wildman–Crippen MR) is 131 cm³/mol. The van der Waals surface area contributed by atoms with Gasteiger partial charge >= 0.3 is 0 Å². The Balaban J connectivity index is 1.89. The summed E-state index contributed by atoms with van der Waals surface area (Å²) in [5, 5.41) is 34.2. The lowest BCUT2D eigenvalue weighted by Gasteiger charge is -2.32. The van der Waals surface area contributed by atoms with Gasteiger partial charge in [-0.05, 0) is 18.2 Å². The molecule has 0 heterocycles. The van der Waals surface area contributed by atoms with E-state index in [0.717, 1.165) is 0 Å². The number of nitrogens with zero attached hydrogens (tertiary/aromatic N) is 3. The summed E-state index contributed by atoms with van der Waals surface area (Å²) in [6.45, 7) is -0.770. The molecule has 0 aliphatic carbocycles. The first kappa shape index (κ1) is 26.6. The van der Waals surface area contributed by atoms with Gasteiger partial charge in [0.25, 0.3) is 23.0 Å². The minimum absolute atomic E-state index is 0.155. The molecule has 0 bridgehead atoms. The Labute approximate surface area is 208 Å². The topological polar surface area (TPSA) is 157 Å². The monoisotopic (exact) mass is 513 g/mol. The zero-order valence-electron chi connectivity index (χ0n) is 19.3. The molecule has 13 heteroatoms. The fraction of sp³-hybridized carbons (Fsp3) is 0.217. The number of nitro benzene ring substituents is 3. The van der Waals surface area contributed by atoms with Crippen LogP contribution in [-0.2, 0) is 34.0 Å². The number of ether oxygens (including phenoxy) is 3. The molecule has 0 aliphatic rings. The second-order valence-electron chi connectivity index (χ2n) is 7.56. The van der Waals surface area contributed by atoms with Crippen molar-refractivity contribution < 1.29 is 29.0 Å². The van der Waals surface area contributed by atoms with Crippen molar-refractivity contribution in [1.29, 1.82) is 0 Å². The first-order valence-corrected chi connectivity index (χ1v) is 12.3. The molecule has 0 saturated heterocycles. The van der Waals surface area contributed by atoms with Gasteiger partial charge in [0.1, 0.15) is 0 Å². The molecule has 36 heavy (non-hydrogen) atoms. The van der Waals surface area contributed by atoms with Crippen molar-refractivity contribution in [3.63, 3.8) is 0 Å². The van der Waals surface area contributed by atoms with Crippen LogP contribution in [0.5, 0.6) is 0 Å². The van der Waals surface area contributed by atoms with Gasteiger partial charge in [0.05, 0.1) is 51.3 Å². The van der Waals surface area contributed by atoms with Crippen LogP contribution in [0.2, 0.25) is 6.04 Å². The van der Waals surface area contributed by atoms with Gasteiger partial charge in [-0.3, -0.25) is 30.3 Å². The first-order valence-electron chi connectivity index (χ1n) is 10.8. The maximum atomic E-state index is 11.4. The molecule has 3 aromatic carbocycles. The SMILES string of the molecule is O=[N+]([O-])c1ccccc1COC(C[SiH3])(OCc1ccccc1[N+](=O)[O-])OCc1ccccc1[N+](=O)[O-]. The Morgan fingerprint density at radius 3 is 1.11 bits per heavy atom. The van der Waals surface area contributed by atoms with E-state index < -0.39 is 20.7 Å². The third kappa shape index (κ3) is 6.54. The summed E-state index contributed by atoms with van der Waals surface area (Å²) < 4.78 is 17.8. The van der Waals surface area contributed by atoms with Gasteiger partial charge in [-0.15, -0.1) is 0 Å². The Hall–Kier alpha value is -4.04. The number of para-hydroxylation sites is 3. The molecule has 3 aromatic rings. The molecule has 0 fully saturated rings. The van der Waals surface area contributed by atoms with Gasteiger partial charge in [0.2, 0.25) is 0 Å². The molecule has 0 unspecified atom stereocenters. The van der Waals surface area contributed by atoms with Crippen LogP contribution in [0.3, 0.4) is 0 Å². The number of nitro groups is 3. The lowest BCUT2D eigenvalue weighted by Crippen LogP contribution is -2.38. The molecular formula is C23H23N3O9Si. The summed E-state index contributed by atoms with van der Waals surface area (Å²) in [5.41, 5.74) is 0.341. The van der Waals surface area contributed by atoms with Crippen LogP contribution in [0.15, 0.2) is 72.8 Å². The van der Waals surface area contributed by atoms with E-state index in [1.165, 1.54) is 54.6 Å². The number of hydrogen-bond acceptors (Lipinski definition) is 9. The maximum absolute atomic E-state index is 11.4. The number of rotatable bonds is 13. The summed E-state index contributed by atoms with van der Waals surface area (Å²) in [6.07, 6.45) is 0. The zero-order valence-corrected chi connectivity index (χ0v) is 21.3. The van der Waals surface area contributed by atoms with Gasteiger partial charge in [-0.1, -0.05) is 36.4 Å². The van der Waals surface area contributed by atoms with Crippen LogP contribution in [0, 0.1) is 30.3 Å². The summed E-state index contributed by atoms with van der Waals surface area (Å²) in [4.78, 5) is 32.6. The van der Waals surface area contributed by atoms with Crippen LogP contribution >= 0.6 is 0 Å². The normalized spacial score (nSPS) is 11.3. The van der Waals surface area contributed by atoms with Crippen molar-refractivity contribution in [2.45, 2.75) is 31.8 Å². The lowest BCUT2D eigenvalue weighted by atomic mass is 10.2. The molecule has 0 spiro atoms. The van der Waals surface area contributed by atoms with Crippen LogP contribution < -0.4 is 0 Å². The van der Waals surface area contributed by atoms with Crippen LogP contribution in [0.4, 0.5) is 17.1 Å². The number of hydrogen-bond donors (Lipinski definition) is 0. The van der Waals surface area contributed by atoms with Gasteiger partial charge in [0, 0.05) is 34.5 Å². The Morgan fingerprint density at radius 2 is 0.861 bits per heavy atom. The molecule has 188 valence electrons. The molecule has 0 saturated carbocycles. The van der Waals surface area contributed by atoms with E-state index in [2.05, 4.69) is 0 Å². The highest BCUT2D eigenvalue weighted by molar-refractivity contribution is 6.09. The van der Waals surface area contributed by atoms with E-state index in [0.29, 0.717) is 10.2 Å². The highest BCUT2D eigenvalue weighted by Gasteiger charge is 2.34. The van der Waals surface area contributed by atoms with E-state index in [4.69, 9.17) is 14.2 Å². The summed E-state index contributed by atoms with van der Waals surface area (Å²) >= 11 is 0. The van der Waals surface area contributed by atoms with Crippen molar-refractivity contribution in [3.05, 3.63) is 120 Å². The second-order valence-corrected chi connectivity index (χ2v) is 8.27. The highest BCUT2D eigenvalue weighted by atomic mass is 28.1. The van der Waals surface area contributed by atoms with Gasteiger partial charge in [0.15, 0.2) is 0 Å². The second kappa shape index (κ2) is 12.1. The van der Waals surface area contributed by atoms with E-state index in [-0.39, 0.29) is 59.6 Å². The first-order chi connectivity index (χ1) is 17.3. The largest absolute Gasteiger partial charge is 0.323 e. The quantitative estimate of drug-likeness (QED) is 0.143. The molecule has 0 atom stereocenters. The van der Waals surface area contributed by atoms with Gasteiger partial charge in [-0.25, -0.2) is 0 Å². The minimum Gasteiger partial charge on any atom is -0.323 e. The molecule has 0 aliphatic heterocycles. The molecule has 0 N–H and O–H groups in total. The van der Waals surface area contributed by atoms with Crippen molar-refractivity contribution in [2.24, 2.45) is 0 Å². The smallest absolute Gasteiger partial charge is 0.280 e. The summed E-state index contributed by atoms with van der Waals surface area (Å²) in [5.74, 6) is -1.76. The average Bonchev–Trinajstić information content (AvgIpc) is 2.89. The number of benzene rings is 3. The summed E-state index contributed by atoms with van der Waals surface area (Å²) in [7, 11) is 0.484. The molecule has 0 aromatic heterocycles. The van der Waals surface area contributed by atoms with Gasteiger partial charge < -0.3 is 14.2 Å². The van der Waals surface area contributed by atoms with Crippen molar-refractivity contribution in [1.82, 2.24) is 0 Å². The van der Waals surface area contributed by atoms with Crippen LogP contribution in [0.1, 0.15) is 16.7 Å². The van der Waals surface area contributed by atoms with Crippen molar-refractivity contribution >= 4 is 27.3 Å². The lowest BCUT2D eigenvalue weighted by molar-refractivity contribution is -0.398. The van der Waals surface area contributed by atoms with E-state index in [1.807, 2.05) is 0 Å². The minimum atomic E-state index is -1.76. The molecule has 0 amide bonds. The zero-order chi connectivity index (χ0) is 26.1. The Kier molecular flexibility index (Phi) is 8.91. The fourth-order valence-electron chi connectivity index (χ4n) is 3.43. The van der Waals surface area contributed by atoms with Crippen LogP contribution in [-0.4, -0.2) is 31.0 Å². The third-order valence-electron chi connectivity index (χ3n) is 5.34. The van der Waals surface area contributed by atoms with E-state index in [1.54, 1.807) is 18.2 Å². The predicted octanol–water partition coefficient (Wildman–Crippen LogP) is 3.80. The molecule has 12 nitrogen and oxygen atoms in total. The van der Waals surface area contributed by atoms with Crippen molar-refractivity contribution in [2.75, 3.05) is 0 Å². The molecule has 0 radical (unpaired) electrons. The molecule has 3 rings (SSSR count).